The maximum atomic E-state index is 5.78. The van der Waals surface area contributed by atoms with E-state index in [0.29, 0.717) is 0 Å². The molecule has 2 aromatic rings. The molecule has 1 aliphatic rings. The van der Waals surface area contributed by atoms with Gasteiger partial charge in [0.1, 0.15) is 5.82 Å². The summed E-state index contributed by atoms with van der Waals surface area (Å²) in [5, 5.41) is 3.48. The van der Waals surface area contributed by atoms with Gasteiger partial charge in [0.25, 0.3) is 0 Å². The molecule has 0 radical (unpaired) electrons. The second kappa shape index (κ2) is 4.94. The Morgan fingerprint density at radius 1 is 1.42 bits per heavy atom. The smallest absolute Gasteiger partial charge is 0.123 e. The number of para-hydroxylation sites is 2. The van der Waals surface area contributed by atoms with Crippen molar-refractivity contribution in [3.05, 3.63) is 30.1 Å². The van der Waals surface area contributed by atoms with E-state index in [-0.39, 0.29) is 5.60 Å². The predicted molar refractivity (Wildman–Crippen MR) is 76.0 cm³/mol. The quantitative estimate of drug-likeness (QED) is 0.915. The van der Waals surface area contributed by atoms with E-state index in [9.17, 15) is 0 Å². The monoisotopic (exact) mass is 259 g/mol. The third-order valence-corrected chi connectivity index (χ3v) is 3.96. The van der Waals surface area contributed by atoms with Crippen molar-refractivity contribution >= 4 is 11.0 Å². The van der Waals surface area contributed by atoms with Crippen molar-refractivity contribution < 1.29 is 4.74 Å². The molecule has 1 aromatic heterocycles. The first-order chi connectivity index (χ1) is 9.18. The van der Waals surface area contributed by atoms with Gasteiger partial charge in [-0.15, -0.1) is 0 Å². The number of hydrogen-bond donors (Lipinski definition) is 1. The van der Waals surface area contributed by atoms with Crippen LogP contribution in [-0.2, 0) is 18.3 Å². The molecule has 1 unspecified atom stereocenters. The van der Waals surface area contributed by atoms with Crippen LogP contribution in [0.2, 0.25) is 0 Å². The maximum Gasteiger partial charge on any atom is 0.123 e. The average Bonchev–Trinajstić information content (AvgIpc) is 2.96. The third-order valence-electron chi connectivity index (χ3n) is 3.96. The topological polar surface area (TPSA) is 39.1 Å². The highest BCUT2D eigenvalue weighted by molar-refractivity contribution is 5.75. The number of ether oxygens (including phenoxy) is 1. The van der Waals surface area contributed by atoms with Gasteiger partial charge in [0, 0.05) is 20.2 Å². The summed E-state index contributed by atoms with van der Waals surface area (Å²) in [4.78, 5) is 4.66. The van der Waals surface area contributed by atoms with E-state index in [2.05, 4.69) is 47.0 Å². The standard InChI is InChI=1S/C15H21N3O/c1-15(8-5-9-19-15)11-16-10-14-17-12-6-3-4-7-13(12)18(14)2/h3-4,6-7,16H,5,8-11H2,1-2H3. The molecule has 1 aromatic carbocycles. The molecule has 1 aliphatic heterocycles. The molecule has 0 amide bonds. The maximum absolute atomic E-state index is 5.78. The summed E-state index contributed by atoms with van der Waals surface area (Å²) in [6.45, 7) is 4.74. The van der Waals surface area contributed by atoms with Gasteiger partial charge in [0.05, 0.1) is 23.2 Å². The number of aromatic nitrogens is 2. The summed E-state index contributed by atoms with van der Waals surface area (Å²) in [5.41, 5.74) is 2.25. The lowest BCUT2D eigenvalue weighted by Gasteiger charge is -2.23. The minimum atomic E-state index is 0.00455. The Morgan fingerprint density at radius 2 is 2.26 bits per heavy atom. The van der Waals surface area contributed by atoms with Gasteiger partial charge in [0.2, 0.25) is 0 Å². The van der Waals surface area contributed by atoms with Gasteiger partial charge in [-0.1, -0.05) is 12.1 Å². The van der Waals surface area contributed by atoms with Gasteiger partial charge >= 0.3 is 0 Å². The van der Waals surface area contributed by atoms with E-state index >= 15 is 0 Å². The van der Waals surface area contributed by atoms with Crippen LogP contribution in [0.4, 0.5) is 0 Å². The van der Waals surface area contributed by atoms with Crippen LogP contribution in [0.3, 0.4) is 0 Å². The first kappa shape index (κ1) is 12.6. The molecule has 0 spiro atoms. The van der Waals surface area contributed by atoms with Crippen molar-refractivity contribution in [3.8, 4) is 0 Å². The van der Waals surface area contributed by atoms with E-state index in [1.54, 1.807) is 0 Å². The molecule has 3 rings (SSSR count). The van der Waals surface area contributed by atoms with Crippen LogP contribution in [0.25, 0.3) is 11.0 Å². The van der Waals surface area contributed by atoms with Gasteiger partial charge in [-0.05, 0) is 31.9 Å². The summed E-state index contributed by atoms with van der Waals surface area (Å²) >= 11 is 0. The van der Waals surface area contributed by atoms with Crippen LogP contribution >= 0.6 is 0 Å². The fraction of sp³-hybridized carbons (Fsp3) is 0.533. The summed E-state index contributed by atoms with van der Waals surface area (Å²) in [5.74, 6) is 1.07. The first-order valence-electron chi connectivity index (χ1n) is 6.93. The number of aryl methyl sites for hydroxylation is 1. The van der Waals surface area contributed by atoms with Crippen LogP contribution in [0, 0.1) is 0 Å². The van der Waals surface area contributed by atoms with Gasteiger partial charge in [-0.25, -0.2) is 4.98 Å². The Kier molecular flexibility index (Phi) is 3.29. The Bertz CT molecular complexity index is 570. The Balaban J connectivity index is 1.67. The highest BCUT2D eigenvalue weighted by Crippen LogP contribution is 2.24. The minimum absolute atomic E-state index is 0.00455. The second-order valence-electron chi connectivity index (χ2n) is 5.58. The van der Waals surface area contributed by atoms with E-state index in [4.69, 9.17) is 4.74 Å². The van der Waals surface area contributed by atoms with Gasteiger partial charge in [-0.2, -0.15) is 0 Å². The minimum Gasteiger partial charge on any atom is -0.374 e. The van der Waals surface area contributed by atoms with Gasteiger partial charge in [-0.3, -0.25) is 0 Å². The zero-order chi connectivity index (χ0) is 13.3. The molecule has 1 saturated heterocycles. The van der Waals surface area contributed by atoms with Crippen LogP contribution in [0.15, 0.2) is 24.3 Å². The summed E-state index contributed by atoms with van der Waals surface area (Å²) < 4.78 is 7.93. The fourth-order valence-electron chi connectivity index (χ4n) is 2.77. The molecule has 4 nitrogen and oxygen atoms in total. The zero-order valence-electron chi connectivity index (χ0n) is 11.6. The van der Waals surface area contributed by atoms with Crippen molar-refractivity contribution in [1.29, 1.82) is 0 Å². The summed E-state index contributed by atoms with van der Waals surface area (Å²) in [6.07, 6.45) is 2.31. The Hall–Kier alpha value is -1.39. The molecular weight excluding hydrogens is 238 g/mol. The van der Waals surface area contributed by atoms with E-state index in [1.807, 2.05) is 6.07 Å². The lowest BCUT2D eigenvalue weighted by molar-refractivity contribution is 0.0205. The highest BCUT2D eigenvalue weighted by atomic mass is 16.5. The lowest BCUT2D eigenvalue weighted by atomic mass is 10.0. The number of rotatable bonds is 4. The number of nitrogens with one attached hydrogen (secondary N) is 1. The molecule has 0 aliphatic carbocycles. The fourth-order valence-corrected chi connectivity index (χ4v) is 2.77. The second-order valence-corrected chi connectivity index (χ2v) is 5.58. The van der Waals surface area contributed by atoms with Crippen LogP contribution in [0.5, 0.6) is 0 Å². The Labute approximate surface area is 113 Å². The van der Waals surface area contributed by atoms with Crippen molar-refractivity contribution in [2.24, 2.45) is 7.05 Å². The highest BCUT2D eigenvalue weighted by Gasteiger charge is 2.29. The Morgan fingerprint density at radius 3 is 3.00 bits per heavy atom. The number of imidazole rings is 1. The summed E-state index contributed by atoms with van der Waals surface area (Å²) in [6, 6.07) is 8.24. The molecule has 19 heavy (non-hydrogen) atoms. The third kappa shape index (κ3) is 2.51. The lowest BCUT2D eigenvalue weighted by Crippen LogP contribution is -2.37. The number of benzene rings is 1. The van der Waals surface area contributed by atoms with Crippen molar-refractivity contribution in [2.45, 2.75) is 31.9 Å². The van der Waals surface area contributed by atoms with E-state index < -0.39 is 0 Å². The van der Waals surface area contributed by atoms with Crippen LogP contribution < -0.4 is 5.32 Å². The molecule has 1 N–H and O–H groups in total. The summed E-state index contributed by atoms with van der Waals surface area (Å²) in [7, 11) is 2.07. The molecule has 2 heterocycles. The molecule has 0 bridgehead atoms. The SMILES string of the molecule is Cn1c(CNCC2(C)CCCO2)nc2ccccc21. The normalized spacial score (nSPS) is 23.3. The van der Waals surface area contributed by atoms with Crippen molar-refractivity contribution in [1.82, 2.24) is 14.9 Å². The van der Waals surface area contributed by atoms with Crippen molar-refractivity contribution in [3.63, 3.8) is 0 Å². The largest absolute Gasteiger partial charge is 0.374 e. The number of hydrogen-bond acceptors (Lipinski definition) is 3. The molecule has 0 saturated carbocycles. The molecule has 102 valence electrons. The van der Waals surface area contributed by atoms with Crippen molar-refractivity contribution in [2.75, 3.05) is 13.2 Å². The molecule has 4 heteroatoms. The molecule has 1 fully saturated rings. The molecular formula is C15H21N3O. The van der Waals surface area contributed by atoms with Gasteiger partial charge in [0.15, 0.2) is 0 Å². The van der Waals surface area contributed by atoms with Crippen LogP contribution in [0.1, 0.15) is 25.6 Å². The predicted octanol–water partition coefficient (Wildman–Crippen LogP) is 2.23. The first-order valence-corrected chi connectivity index (χ1v) is 6.93. The average molecular weight is 259 g/mol. The van der Waals surface area contributed by atoms with Gasteiger partial charge < -0.3 is 14.6 Å². The number of nitrogens with zero attached hydrogens (tertiary/aromatic N) is 2. The molecule has 1 atom stereocenters. The van der Waals surface area contributed by atoms with E-state index in [1.165, 1.54) is 11.9 Å². The number of fused-ring (bicyclic) bond motifs is 1. The zero-order valence-corrected chi connectivity index (χ0v) is 11.6. The van der Waals surface area contributed by atoms with E-state index in [0.717, 1.165) is 37.5 Å². The van der Waals surface area contributed by atoms with Crippen LogP contribution in [-0.4, -0.2) is 28.3 Å².